The zero-order chi connectivity index (χ0) is 13.8. The quantitative estimate of drug-likeness (QED) is 0.864. The maximum atomic E-state index is 12.2. The standard InChI is InChI=1S/C14H22O3S/c1-4-14(15,5-2)12(3)11-18(16,17)13-9-7-6-8-10-13/h6-10,12,15H,4-5,11H2,1-3H3/t12-/m0/s1. The van der Waals surface area contributed by atoms with Crippen LogP contribution in [0.15, 0.2) is 35.2 Å². The number of hydrogen-bond acceptors (Lipinski definition) is 3. The molecule has 0 fully saturated rings. The van der Waals surface area contributed by atoms with Crippen LogP contribution in [0.25, 0.3) is 0 Å². The highest BCUT2D eigenvalue weighted by atomic mass is 32.2. The highest BCUT2D eigenvalue weighted by molar-refractivity contribution is 7.91. The van der Waals surface area contributed by atoms with Gasteiger partial charge in [-0.25, -0.2) is 8.42 Å². The molecule has 1 atom stereocenters. The van der Waals surface area contributed by atoms with E-state index in [0.29, 0.717) is 17.7 Å². The Morgan fingerprint density at radius 2 is 1.67 bits per heavy atom. The van der Waals surface area contributed by atoms with Gasteiger partial charge in [0.2, 0.25) is 0 Å². The van der Waals surface area contributed by atoms with Gasteiger partial charge in [-0.3, -0.25) is 0 Å². The summed E-state index contributed by atoms with van der Waals surface area (Å²) >= 11 is 0. The second-order valence-corrected chi connectivity index (χ2v) is 6.84. The molecule has 1 aromatic carbocycles. The Labute approximate surface area is 110 Å². The third-order valence-corrected chi connectivity index (χ3v) is 5.64. The van der Waals surface area contributed by atoms with Gasteiger partial charge in [0.25, 0.3) is 0 Å². The zero-order valence-electron chi connectivity index (χ0n) is 11.3. The van der Waals surface area contributed by atoms with Crippen molar-refractivity contribution < 1.29 is 13.5 Å². The van der Waals surface area contributed by atoms with Crippen molar-refractivity contribution in [3.63, 3.8) is 0 Å². The maximum absolute atomic E-state index is 12.2. The van der Waals surface area contributed by atoms with Crippen molar-refractivity contribution in [2.24, 2.45) is 5.92 Å². The van der Waals surface area contributed by atoms with Crippen molar-refractivity contribution in [1.82, 2.24) is 0 Å². The molecule has 0 unspecified atom stereocenters. The van der Waals surface area contributed by atoms with Gasteiger partial charge < -0.3 is 5.11 Å². The first kappa shape index (κ1) is 15.2. The maximum Gasteiger partial charge on any atom is 0.178 e. The van der Waals surface area contributed by atoms with Crippen LogP contribution in [-0.2, 0) is 9.84 Å². The van der Waals surface area contributed by atoms with Crippen LogP contribution < -0.4 is 0 Å². The molecular weight excluding hydrogens is 248 g/mol. The minimum absolute atomic E-state index is 0.0187. The van der Waals surface area contributed by atoms with Crippen molar-refractivity contribution in [1.29, 1.82) is 0 Å². The van der Waals surface area contributed by atoms with Crippen LogP contribution in [0.4, 0.5) is 0 Å². The highest BCUT2D eigenvalue weighted by Crippen LogP contribution is 2.27. The first-order chi connectivity index (χ1) is 8.35. The summed E-state index contributed by atoms with van der Waals surface area (Å²) in [6.07, 6.45) is 1.13. The molecule has 102 valence electrons. The molecule has 1 aromatic rings. The summed E-state index contributed by atoms with van der Waals surface area (Å²) in [7, 11) is -3.32. The van der Waals surface area contributed by atoms with Crippen LogP contribution >= 0.6 is 0 Å². The Hall–Kier alpha value is -0.870. The van der Waals surface area contributed by atoms with E-state index in [9.17, 15) is 13.5 Å². The smallest absolute Gasteiger partial charge is 0.178 e. The number of aliphatic hydroxyl groups is 1. The van der Waals surface area contributed by atoms with Gasteiger partial charge in [0.1, 0.15) is 0 Å². The minimum atomic E-state index is -3.32. The van der Waals surface area contributed by atoms with Crippen molar-refractivity contribution >= 4 is 9.84 Å². The van der Waals surface area contributed by atoms with Gasteiger partial charge in [-0.1, -0.05) is 39.0 Å². The third-order valence-electron chi connectivity index (χ3n) is 3.71. The Kier molecular flexibility index (Phi) is 4.93. The molecule has 18 heavy (non-hydrogen) atoms. The molecule has 0 aliphatic rings. The third kappa shape index (κ3) is 3.33. The van der Waals surface area contributed by atoms with Gasteiger partial charge in [0.05, 0.1) is 16.2 Å². The van der Waals surface area contributed by atoms with E-state index in [4.69, 9.17) is 0 Å². The van der Waals surface area contributed by atoms with E-state index in [1.165, 1.54) is 0 Å². The molecule has 0 saturated heterocycles. The molecule has 0 amide bonds. The first-order valence-electron chi connectivity index (χ1n) is 6.36. The summed E-state index contributed by atoms with van der Waals surface area (Å²) in [6.45, 7) is 5.57. The molecule has 0 aliphatic carbocycles. The van der Waals surface area contributed by atoms with Gasteiger partial charge in [-0.05, 0) is 30.9 Å². The lowest BCUT2D eigenvalue weighted by atomic mass is 9.85. The Balaban J connectivity index is 2.91. The van der Waals surface area contributed by atoms with Crippen LogP contribution in [0, 0.1) is 5.92 Å². The second kappa shape index (κ2) is 5.85. The van der Waals surface area contributed by atoms with E-state index >= 15 is 0 Å². The normalized spacial score (nSPS) is 14.4. The van der Waals surface area contributed by atoms with Crippen LogP contribution in [0.1, 0.15) is 33.6 Å². The monoisotopic (exact) mass is 270 g/mol. The molecular formula is C14H22O3S. The summed E-state index contributed by atoms with van der Waals surface area (Å²) in [4.78, 5) is 0.325. The fourth-order valence-electron chi connectivity index (χ4n) is 2.16. The molecule has 0 saturated carbocycles. The lowest BCUT2D eigenvalue weighted by Gasteiger charge is -2.32. The van der Waals surface area contributed by atoms with E-state index in [1.54, 1.807) is 37.3 Å². The number of benzene rings is 1. The fourth-order valence-corrected chi connectivity index (χ4v) is 3.89. The van der Waals surface area contributed by atoms with Gasteiger partial charge in [-0.15, -0.1) is 0 Å². The molecule has 0 heterocycles. The summed E-state index contributed by atoms with van der Waals surface area (Å²) in [5, 5.41) is 10.3. The van der Waals surface area contributed by atoms with E-state index in [0.717, 1.165) is 0 Å². The second-order valence-electron chi connectivity index (χ2n) is 4.81. The summed E-state index contributed by atoms with van der Waals surface area (Å²) in [5.41, 5.74) is -0.901. The Morgan fingerprint density at radius 1 is 1.17 bits per heavy atom. The average Bonchev–Trinajstić information content (AvgIpc) is 2.38. The van der Waals surface area contributed by atoms with Crippen molar-refractivity contribution in [2.75, 3.05) is 5.75 Å². The number of hydrogen-bond donors (Lipinski definition) is 1. The van der Waals surface area contributed by atoms with Gasteiger partial charge in [0, 0.05) is 0 Å². The topological polar surface area (TPSA) is 54.4 Å². The van der Waals surface area contributed by atoms with E-state index in [1.807, 2.05) is 13.8 Å². The van der Waals surface area contributed by atoms with Crippen LogP contribution in [0.5, 0.6) is 0 Å². The van der Waals surface area contributed by atoms with Crippen LogP contribution in [0.3, 0.4) is 0 Å². The Morgan fingerprint density at radius 3 is 2.11 bits per heavy atom. The molecule has 1 N–H and O–H groups in total. The number of sulfone groups is 1. The summed E-state index contributed by atoms with van der Waals surface area (Å²) in [5.74, 6) is -0.299. The lowest BCUT2D eigenvalue weighted by molar-refractivity contribution is -0.0109. The van der Waals surface area contributed by atoms with Crippen molar-refractivity contribution in [2.45, 2.75) is 44.1 Å². The van der Waals surface area contributed by atoms with Crippen molar-refractivity contribution in [3.8, 4) is 0 Å². The first-order valence-corrected chi connectivity index (χ1v) is 8.01. The van der Waals surface area contributed by atoms with Gasteiger partial charge >= 0.3 is 0 Å². The molecule has 0 spiro atoms. The van der Waals surface area contributed by atoms with Gasteiger partial charge in [-0.2, -0.15) is 0 Å². The average molecular weight is 270 g/mol. The minimum Gasteiger partial charge on any atom is -0.390 e. The van der Waals surface area contributed by atoms with E-state index < -0.39 is 15.4 Å². The van der Waals surface area contributed by atoms with E-state index in [-0.39, 0.29) is 11.7 Å². The number of rotatable bonds is 6. The van der Waals surface area contributed by atoms with E-state index in [2.05, 4.69) is 0 Å². The van der Waals surface area contributed by atoms with Gasteiger partial charge in [0.15, 0.2) is 9.84 Å². The zero-order valence-corrected chi connectivity index (χ0v) is 12.1. The molecule has 3 nitrogen and oxygen atoms in total. The molecule has 0 aliphatic heterocycles. The molecule has 0 aromatic heterocycles. The largest absolute Gasteiger partial charge is 0.390 e. The molecule has 1 rings (SSSR count). The SMILES string of the molecule is CCC(O)(CC)[C@@H](C)CS(=O)(=O)c1ccccc1. The van der Waals surface area contributed by atoms with Crippen LogP contribution in [0.2, 0.25) is 0 Å². The molecule has 0 radical (unpaired) electrons. The lowest BCUT2D eigenvalue weighted by Crippen LogP contribution is -2.38. The predicted molar refractivity (Wildman–Crippen MR) is 73.2 cm³/mol. The highest BCUT2D eigenvalue weighted by Gasteiger charge is 2.33. The molecule has 4 heteroatoms. The summed E-state index contributed by atoms with van der Waals surface area (Å²) < 4.78 is 24.4. The fraction of sp³-hybridized carbons (Fsp3) is 0.571. The predicted octanol–water partition coefficient (Wildman–Crippen LogP) is 2.65. The van der Waals surface area contributed by atoms with Crippen LogP contribution in [-0.4, -0.2) is 24.9 Å². The van der Waals surface area contributed by atoms with Crippen molar-refractivity contribution in [3.05, 3.63) is 30.3 Å². The Bertz CT molecular complexity index is 461. The molecule has 0 bridgehead atoms. The summed E-state index contributed by atoms with van der Waals surface area (Å²) in [6, 6.07) is 8.40.